The number of benzene rings is 2. The molecule has 0 saturated carbocycles. The maximum atomic E-state index is 12.2. The van der Waals surface area contributed by atoms with E-state index in [-0.39, 0.29) is 24.4 Å². The summed E-state index contributed by atoms with van der Waals surface area (Å²) in [6.07, 6.45) is 0.278. The van der Waals surface area contributed by atoms with Gasteiger partial charge in [-0.1, -0.05) is 23.7 Å². The van der Waals surface area contributed by atoms with Gasteiger partial charge in [0, 0.05) is 30.2 Å². The van der Waals surface area contributed by atoms with Gasteiger partial charge in [0.2, 0.25) is 5.91 Å². The molecule has 26 heavy (non-hydrogen) atoms. The number of carbonyl (C=O) groups excluding carboxylic acids is 2. The van der Waals surface area contributed by atoms with Crippen LogP contribution in [-0.4, -0.2) is 31.6 Å². The molecular weight excluding hydrogens is 354 g/mol. The molecule has 3 rings (SSSR count). The Morgan fingerprint density at radius 2 is 1.88 bits per heavy atom. The number of amides is 3. The molecule has 1 atom stereocenters. The van der Waals surface area contributed by atoms with Crippen LogP contribution in [0.4, 0.5) is 10.5 Å². The smallest absolute Gasteiger partial charge is 0.315 e. The lowest BCUT2D eigenvalue weighted by molar-refractivity contribution is -0.117. The molecule has 0 bridgehead atoms. The van der Waals surface area contributed by atoms with Gasteiger partial charge in [-0.05, 0) is 42.0 Å². The first-order chi connectivity index (χ1) is 12.5. The van der Waals surface area contributed by atoms with Crippen LogP contribution in [0.1, 0.15) is 12.0 Å². The van der Waals surface area contributed by atoms with Crippen LogP contribution >= 0.6 is 11.6 Å². The van der Waals surface area contributed by atoms with Gasteiger partial charge in [0.05, 0.1) is 13.2 Å². The molecule has 0 radical (unpaired) electrons. The van der Waals surface area contributed by atoms with Gasteiger partial charge in [-0.2, -0.15) is 0 Å². The summed E-state index contributed by atoms with van der Waals surface area (Å²) in [5.74, 6) is 0.717. The summed E-state index contributed by atoms with van der Waals surface area (Å²) in [5.41, 5.74) is 1.74. The fourth-order valence-electron chi connectivity index (χ4n) is 2.84. The van der Waals surface area contributed by atoms with Crippen LogP contribution in [0.3, 0.4) is 0 Å². The largest absolute Gasteiger partial charge is 0.497 e. The third-order valence-corrected chi connectivity index (χ3v) is 4.46. The first-order valence-corrected chi connectivity index (χ1v) is 8.66. The van der Waals surface area contributed by atoms with Gasteiger partial charge in [-0.15, -0.1) is 0 Å². The van der Waals surface area contributed by atoms with E-state index >= 15 is 0 Å². The number of methoxy groups -OCH3 is 1. The Balaban J connectivity index is 1.51. The van der Waals surface area contributed by atoms with E-state index < -0.39 is 0 Å². The van der Waals surface area contributed by atoms with Crippen molar-refractivity contribution in [2.24, 2.45) is 0 Å². The van der Waals surface area contributed by atoms with E-state index in [1.54, 1.807) is 24.1 Å². The summed E-state index contributed by atoms with van der Waals surface area (Å²) in [7, 11) is 1.60. The third-order valence-electron chi connectivity index (χ3n) is 4.21. The number of hydrogen-bond donors (Lipinski definition) is 2. The SMILES string of the molecule is COc1ccc(N2C[C@H](NC(=O)NCc3ccc(Cl)cc3)CC2=O)cc1. The summed E-state index contributed by atoms with van der Waals surface area (Å²) >= 11 is 5.84. The maximum absolute atomic E-state index is 12.2. The van der Waals surface area contributed by atoms with E-state index in [0.29, 0.717) is 18.1 Å². The number of anilines is 1. The van der Waals surface area contributed by atoms with Crippen LogP contribution in [0, 0.1) is 0 Å². The highest BCUT2D eigenvalue weighted by Crippen LogP contribution is 2.24. The highest BCUT2D eigenvalue weighted by atomic mass is 35.5. The molecule has 7 heteroatoms. The minimum atomic E-state index is -0.297. The van der Waals surface area contributed by atoms with Gasteiger partial charge in [-0.3, -0.25) is 4.79 Å². The molecule has 1 aliphatic heterocycles. The molecule has 0 unspecified atom stereocenters. The average molecular weight is 374 g/mol. The summed E-state index contributed by atoms with van der Waals surface area (Å²) in [6, 6.07) is 14.0. The van der Waals surface area contributed by atoms with Crippen LogP contribution in [0.25, 0.3) is 0 Å². The van der Waals surface area contributed by atoms with Crippen LogP contribution in [0.15, 0.2) is 48.5 Å². The Hall–Kier alpha value is -2.73. The maximum Gasteiger partial charge on any atom is 0.315 e. The first kappa shape index (κ1) is 18.1. The van der Waals surface area contributed by atoms with E-state index in [2.05, 4.69) is 10.6 Å². The van der Waals surface area contributed by atoms with Crippen molar-refractivity contribution < 1.29 is 14.3 Å². The van der Waals surface area contributed by atoms with Gasteiger partial charge in [-0.25, -0.2) is 4.79 Å². The lowest BCUT2D eigenvalue weighted by Crippen LogP contribution is -2.43. The number of rotatable bonds is 5. The summed E-state index contributed by atoms with van der Waals surface area (Å²) < 4.78 is 5.13. The number of carbonyl (C=O) groups is 2. The molecule has 0 spiro atoms. The Morgan fingerprint density at radius 1 is 1.19 bits per heavy atom. The molecule has 1 heterocycles. The van der Waals surface area contributed by atoms with Crippen molar-refractivity contribution in [2.75, 3.05) is 18.6 Å². The van der Waals surface area contributed by atoms with Crippen molar-refractivity contribution in [1.29, 1.82) is 0 Å². The molecule has 2 aromatic rings. The molecule has 2 N–H and O–H groups in total. The van der Waals surface area contributed by atoms with Crippen molar-refractivity contribution in [3.63, 3.8) is 0 Å². The Morgan fingerprint density at radius 3 is 2.54 bits per heavy atom. The van der Waals surface area contributed by atoms with E-state index in [4.69, 9.17) is 16.3 Å². The Bertz CT molecular complexity index is 778. The molecule has 2 aromatic carbocycles. The standard InChI is InChI=1S/C19H20ClN3O3/c1-26-17-8-6-16(7-9-17)23-12-15(10-18(23)24)22-19(25)21-11-13-2-4-14(20)5-3-13/h2-9,15H,10-12H2,1H3,(H2,21,22,25)/t15-/m1/s1. The number of nitrogens with one attached hydrogen (secondary N) is 2. The van der Waals surface area contributed by atoms with E-state index in [0.717, 1.165) is 17.0 Å². The molecular formula is C19H20ClN3O3. The molecule has 0 aromatic heterocycles. The fraction of sp³-hybridized carbons (Fsp3) is 0.263. The van der Waals surface area contributed by atoms with Gasteiger partial charge >= 0.3 is 6.03 Å². The normalized spacial score (nSPS) is 16.5. The van der Waals surface area contributed by atoms with Crippen molar-refractivity contribution >= 4 is 29.2 Å². The number of ether oxygens (including phenoxy) is 1. The van der Waals surface area contributed by atoms with Crippen LogP contribution in [0.2, 0.25) is 5.02 Å². The highest BCUT2D eigenvalue weighted by molar-refractivity contribution is 6.30. The number of urea groups is 1. The van der Waals surface area contributed by atoms with E-state index in [1.165, 1.54) is 0 Å². The van der Waals surface area contributed by atoms with Gasteiger partial charge in [0.25, 0.3) is 0 Å². The number of halogens is 1. The predicted octanol–water partition coefficient (Wildman–Crippen LogP) is 2.95. The highest BCUT2D eigenvalue weighted by Gasteiger charge is 2.31. The summed E-state index contributed by atoms with van der Waals surface area (Å²) in [5, 5.41) is 6.29. The average Bonchev–Trinajstić information content (AvgIpc) is 3.01. The monoisotopic (exact) mass is 373 g/mol. The van der Waals surface area contributed by atoms with Crippen molar-refractivity contribution in [3.05, 3.63) is 59.1 Å². The molecule has 0 aliphatic carbocycles. The minimum Gasteiger partial charge on any atom is -0.497 e. The number of hydrogen-bond acceptors (Lipinski definition) is 3. The molecule has 6 nitrogen and oxygen atoms in total. The van der Waals surface area contributed by atoms with Crippen molar-refractivity contribution in [3.8, 4) is 5.75 Å². The predicted molar refractivity (Wildman–Crippen MR) is 101 cm³/mol. The molecule has 136 valence electrons. The van der Waals surface area contributed by atoms with E-state index in [1.807, 2.05) is 36.4 Å². The van der Waals surface area contributed by atoms with Crippen LogP contribution in [-0.2, 0) is 11.3 Å². The summed E-state index contributed by atoms with van der Waals surface area (Å²) in [4.78, 5) is 26.0. The number of nitrogens with zero attached hydrogens (tertiary/aromatic N) is 1. The van der Waals surface area contributed by atoms with Crippen molar-refractivity contribution in [1.82, 2.24) is 10.6 Å². The fourth-order valence-corrected chi connectivity index (χ4v) is 2.96. The zero-order chi connectivity index (χ0) is 18.5. The third kappa shape index (κ3) is 4.46. The quantitative estimate of drug-likeness (QED) is 0.846. The second kappa shape index (κ2) is 8.10. The second-order valence-electron chi connectivity index (χ2n) is 6.06. The van der Waals surface area contributed by atoms with Gasteiger partial charge in [0.15, 0.2) is 0 Å². The van der Waals surface area contributed by atoms with Crippen LogP contribution < -0.4 is 20.3 Å². The minimum absolute atomic E-state index is 0.0156. The van der Waals surface area contributed by atoms with Crippen molar-refractivity contribution in [2.45, 2.75) is 19.0 Å². The Labute approximate surface area is 157 Å². The van der Waals surface area contributed by atoms with Crippen LogP contribution in [0.5, 0.6) is 5.75 Å². The molecule has 1 aliphatic rings. The zero-order valence-corrected chi connectivity index (χ0v) is 15.1. The zero-order valence-electron chi connectivity index (χ0n) is 14.4. The topological polar surface area (TPSA) is 70.7 Å². The Kier molecular flexibility index (Phi) is 5.63. The van der Waals surface area contributed by atoms with E-state index in [9.17, 15) is 9.59 Å². The van der Waals surface area contributed by atoms with Gasteiger partial charge in [0.1, 0.15) is 5.75 Å². The lowest BCUT2D eigenvalue weighted by atomic mass is 10.2. The van der Waals surface area contributed by atoms with Gasteiger partial charge < -0.3 is 20.3 Å². The summed E-state index contributed by atoms with van der Waals surface area (Å²) in [6.45, 7) is 0.839. The lowest BCUT2D eigenvalue weighted by Gasteiger charge is -2.17. The first-order valence-electron chi connectivity index (χ1n) is 8.28. The second-order valence-corrected chi connectivity index (χ2v) is 6.49. The molecule has 1 saturated heterocycles. The molecule has 3 amide bonds. The molecule has 1 fully saturated rings.